The molecule has 2 fully saturated rings. The number of anilines is 1. The summed E-state index contributed by atoms with van der Waals surface area (Å²) in [5, 5.41) is 8.15. The van der Waals surface area contributed by atoms with Crippen molar-refractivity contribution in [2.75, 3.05) is 31.6 Å². The molecule has 3 heterocycles. The number of rotatable bonds is 7. The van der Waals surface area contributed by atoms with E-state index < -0.39 is 0 Å². The van der Waals surface area contributed by atoms with Crippen molar-refractivity contribution in [2.45, 2.75) is 72.8 Å². The number of aryl methyl sites for hydroxylation is 2. The fourth-order valence-electron chi connectivity index (χ4n) is 5.41. The maximum atomic E-state index is 5.13. The van der Waals surface area contributed by atoms with E-state index in [0.29, 0.717) is 12.0 Å². The van der Waals surface area contributed by atoms with Crippen LogP contribution in [0.5, 0.6) is 0 Å². The average molecular weight is 501 g/mol. The zero-order valence-electron chi connectivity index (χ0n) is 24.0. The van der Waals surface area contributed by atoms with Crippen molar-refractivity contribution in [3.05, 3.63) is 71.9 Å². The second-order valence-electron chi connectivity index (χ2n) is 9.69. The first-order valence-corrected chi connectivity index (χ1v) is 14.5. The smallest absolute Gasteiger partial charge is 0.0733 e. The Labute approximate surface area is 225 Å². The first kappa shape index (κ1) is 28.7. The van der Waals surface area contributed by atoms with Crippen LogP contribution >= 0.6 is 0 Å². The normalized spacial score (nSPS) is 18.3. The van der Waals surface area contributed by atoms with E-state index in [4.69, 9.17) is 4.98 Å². The first-order valence-electron chi connectivity index (χ1n) is 14.5. The molecule has 0 spiro atoms. The van der Waals surface area contributed by atoms with Gasteiger partial charge >= 0.3 is 0 Å². The van der Waals surface area contributed by atoms with Gasteiger partial charge in [0.2, 0.25) is 0 Å². The molecule has 2 N–H and O–H groups in total. The van der Waals surface area contributed by atoms with E-state index in [-0.39, 0.29) is 0 Å². The summed E-state index contributed by atoms with van der Waals surface area (Å²) in [7, 11) is 2.01. The van der Waals surface area contributed by atoms with Gasteiger partial charge in [-0.05, 0) is 74.9 Å². The van der Waals surface area contributed by atoms with Gasteiger partial charge in [0.05, 0.1) is 11.2 Å². The molecule has 1 aromatic heterocycles. The minimum absolute atomic E-state index is 0.504. The summed E-state index contributed by atoms with van der Waals surface area (Å²) >= 11 is 0. The molecule has 0 amide bonds. The highest BCUT2D eigenvalue weighted by Gasteiger charge is 2.36. The van der Waals surface area contributed by atoms with Crippen LogP contribution in [0.4, 0.5) is 5.69 Å². The summed E-state index contributed by atoms with van der Waals surface area (Å²) in [6, 6.07) is 18.6. The van der Waals surface area contributed by atoms with Crippen LogP contribution in [0.25, 0.3) is 22.2 Å². The lowest BCUT2D eigenvalue weighted by atomic mass is 9.93. The summed E-state index contributed by atoms with van der Waals surface area (Å²) < 4.78 is 0. The van der Waals surface area contributed by atoms with E-state index in [1.165, 1.54) is 39.9 Å². The Morgan fingerprint density at radius 3 is 2.43 bits per heavy atom. The van der Waals surface area contributed by atoms with Gasteiger partial charge in [0.1, 0.15) is 0 Å². The van der Waals surface area contributed by atoms with Crippen molar-refractivity contribution < 1.29 is 0 Å². The molecule has 0 bridgehead atoms. The van der Waals surface area contributed by atoms with Gasteiger partial charge in [-0.15, -0.1) is 0 Å². The van der Waals surface area contributed by atoms with E-state index in [0.717, 1.165) is 56.5 Å². The fraction of sp³-hybridized carbons (Fsp3) is 0.485. The quantitative estimate of drug-likeness (QED) is 0.332. The molecule has 200 valence electrons. The van der Waals surface area contributed by atoms with Gasteiger partial charge in [0.15, 0.2) is 0 Å². The molecule has 2 aliphatic heterocycles. The third-order valence-electron chi connectivity index (χ3n) is 7.39. The number of nitrogens with one attached hydrogen (secondary N) is 2. The number of piperidine rings is 1. The lowest BCUT2D eigenvalue weighted by molar-refractivity contribution is 0.380. The van der Waals surface area contributed by atoms with Crippen LogP contribution in [0.3, 0.4) is 0 Å². The van der Waals surface area contributed by atoms with Gasteiger partial charge < -0.3 is 15.5 Å². The van der Waals surface area contributed by atoms with Crippen molar-refractivity contribution in [1.29, 1.82) is 0 Å². The number of hydrogen-bond donors (Lipinski definition) is 2. The maximum absolute atomic E-state index is 5.13. The lowest BCUT2D eigenvalue weighted by Crippen LogP contribution is -2.39. The van der Waals surface area contributed by atoms with Gasteiger partial charge in [0, 0.05) is 41.5 Å². The van der Waals surface area contributed by atoms with Crippen LogP contribution in [0, 0.1) is 5.92 Å². The number of pyridine rings is 1. The summed E-state index contributed by atoms with van der Waals surface area (Å²) in [6.45, 7) is 17.6. The molecule has 2 aromatic carbocycles. The highest BCUT2D eigenvalue weighted by atomic mass is 15.2. The van der Waals surface area contributed by atoms with Crippen molar-refractivity contribution >= 4 is 16.6 Å². The molecule has 0 radical (unpaired) electrons. The second kappa shape index (κ2) is 14.2. The molecule has 4 nitrogen and oxygen atoms in total. The van der Waals surface area contributed by atoms with Crippen molar-refractivity contribution in [1.82, 2.24) is 15.6 Å². The van der Waals surface area contributed by atoms with Crippen LogP contribution < -0.4 is 15.5 Å². The zero-order chi connectivity index (χ0) is 26.8. The minimum atomic E-state index is 0.504. The lowest BCUT2D eigenvalue weighted by Gasteiger charge is -2.27. The monoisotopic (exact) mass is 500 g/mol. The topological polar surface area (TPSA) is 40.2 Å². The summed E-state index contributed by atoms with van der Waals surface area (Å²) in [5.74, 6) is 0.689. The number of hydrogen-bond acceptors (Lipinski definition) is 4. The molecule has 37 heavy (non-hydrogen) atoms. The zero-order valence-corrected chi connectivity index (χ0v) is 24.0. The predicted molar refractivity (Wildman–Crippen MR) is 163 cm³/mol. The highest BCUT2D eigenvalue weighted by Crippen LogP contribution is 2.37. The minimum Gasteiger partial charge on any atom is -0.384 e. The third kappa shape index (κ3) is 6.93. The molecular formula is C33H48N4. The van der Waals surface area contributed by atoms with Crippen molar-refractivity contribution in [3.8, 4) is 11.3 Å². The molecular weight excluding hydrogens is 452 g/mol. The van der Waals surface area contributed by atoms with Crippen LogP contribution in [-0.2, 0) is 12.8 Å². The molecule has 2 unspecified atom stereocenters. The molecule has 0 aliphatic carbocycles. The van der Waals surface area contributed by atoms with Crippen molar-refractivity contribution in [2.24, 2.45) is 5.92 Å². The van der Waals surface area contributed by atoms with Gasteiger partial charge in [-0.1, -0.05) is 77.6 Å². The molecule has 2 atom stereocenters. The van der Waals surface area contributed by atoms with E-state index >= 15 is 0 Å². The van der Waals surface area contributed by atoms with Crippen LogP contribution in [0.2, 0.25) is 0 Å². The molecule has 2 saturated heterocycles. The van der Waals surface area contributed by atoms with Gasteiger partial charge in [-0.3, -0.25) is 0 Å². The Balaban J connectivity index is 0.000000907. The number of allylic oxidation sites excluding steroid dienone is 1. The van der Waals surface area contributed by atoms with E-state index in [2.05, 4.69) is 77.6 Å². The SMILES string of the molecule is C=C1CCC2CN(c3cc(-c4ccc(CCCNC)cc4)nc4cc(CC)ccc34)CC2N1.CC.CC. The molecule has 5 rings (SSSR count). The first-order chi connectivity index (χ1) is 18.1. The number of benzene rings is 2. The van der Waals surface area contributed by atoms with Gasteiger partial charge in [0.25, 0.3) is 0 Å². The summed E-state index contributed by atoms with van der Waals surface area (Å²) in [6.07, 6.45) is 5.62. The Kier molecular flexibility index (Phi) is 11.0. The predicted octanol–water partition coefficient (Wildman–Crippen LogP) is 7.37. The fourth-order valence-corrected chi connectivity index (χ4v) is 5.41. The highest BCUT2D eigenvalue weighted by molar-refractivity contribution is 5.95. The van der Waals surface area contributed by atoms with E-state index in [9.17, 15) is 0 Å². The van der Waals surface area contributed by atoms with E-state index in [1.54, 1.807) is 0 Å². The average Bonchev–Trinajstić information content (AvgIpc) is 3.38. The molecule has 3 aromatic rings. The Morgan fingerprint density at radius 1 is 1.00 bits per heavy atom. The number of fused-ring (bicyclic) bond motifs is 2. The van der Waals surface area contributed by atoms with Crippen LogP contribution in [0.15, 0.2) is 60.8 Å². The van der Waals surface area contributed by atoms with Crippen LogP contribution in [0.1, 0.15) is 65.0 Å². The number of nitrogens with zero attached hydrogens (tertiary/aromatic N) is 2. The standard InChI is InChI=1S/C29H36N4.2C2H6/c1-4-21-10-14-25-27(16-21)32-26(23-12-8-22(9-13-23)6-5-15-30-3)17-29(25)33-18-24-11-7-20(2)31-28(24)19-33;2*1-2/h8-10,12-14,16-17,24,28,30-31H,2,4-7,11,15,18-19H2,1,3H3;2*1-2H3. The Morgan fingerprint density at radius 2 is 1.73 bits per heavy atom. The summed E-state index contributed by atoms with van der Waals surface area (Å²) in [4.78, 5) is 7.70. The van der Waals surface area contributed by atoms with Crippen LogP contribution in [-0.4, -0.2) is 37.7 Å². The Bertz CT molecular complexity index is 1140. The molecule has 4 heteroatoms. The number of aromatic nitrogens is 1. The Hall–Kier alpha value is -2.85. The second-order valence-corrected chi connectivity index (χ2v) is 9.69. The maximum Gasteiger partial charge on any atom is 0.0733 e. The largest absolute Gasteiger partial charge is 0.384 e. The molecule has 2 aliphatic rings. The molecule has 0 saturated carbocycles. The van der Waals surface area contributed by atoms with Gasteiger partial charge in [-0.2, -0.15) is 0 Å². The van der Waals surface area contributed by atoms with Crippen molar-refractivity contribution in [3.63, 3.8) is 0 Å². The van der Waals surface area contributed by atoms with E-state index in [1.807, 2.05) is 34.7 Å². The third-order valence-corrected chi connectivity index (χ3v) is 7.39. The summed E-state index contributed by atoms with van der Waals surface area (Å²) in [5.41, 5.74) is 8.61. The van der Waals surface area contributed by atoms with Gasteiger partial charge in [-0.25, -0.2) is 4.98 Å².